The molecule has 4 aromatic rings. The Kier molecular flexibility index (Phi) is 7.96. The molecule has 2 fully saturated rings. The van der Waals surface area contributed by atoms with Crippen LogP contribution in [0.25, 0.3) is 5.69 Å². The molecule has 2 saturated heterocycles. The molecule has 5 amide bonds. The molecule has 3 aliphatic rings. The van der Waals surface area contributed by atoms with Gasteiger partial charge in [-0.05, 0) is 50.6 Å². The number of fused-ring (bicyclic) bond motifs is 1. The Morgan fingerprint density at radius 2 is 1.78 bits per heavy atom. The minimum Gasteiger partial charge on any atom is -0.354 e. The van der Waals surface area contributed by atoms with Gasteiger partial charge in [0.15, 0.2) is 0 Å². The van der Waals surface area contributed by atoms with Crippen LogP contribution in [0.4, 0.5) is 24.7 Å². The fourth-order valence-corrected chi connectivity index (χ4v) is 5.96. The number of halogens is 3. The van der Waals surface area contributed by atoms with E-state index in [9.17, 15) is 37.1 Å². The molecule has 6 heterocycles. The Morgan fingerprint density at radius 1 is 1.02 bits per heavy atom. The Labute approximate surface area is 287 Å². The first kappa shape index (κ1) is 33.2. The third kappa shape index (κ3) is 6.09. The van der Waals surface area contributed by atoms with E-state index in [0.717, 1.165) is 17.0 Å². The highest BCUT2D eigenvalue weighted by Crippen LogP contribution is 2.34. The first-order valence-corrected chi connectivity index (χ1v) is 15.8. The predicted octanol–water partition coefficient (Wildman–Crippen LogP) is 2.75. The topological polar surface area (TPSA) is 164 Å². The molecule has 2 N–H and O–H groups in total. The van der Waals surface area contributed by atoms with E-state index >= 15 is 0 Å². The summed E-state index contributed by atoms with van der Waals surface area (Å²) in [7, 11) is 0. The van der Waals surface area contributed by atoms with E-state index in [1.807, 2.05) is 4.90 Å². The third-order valence-electron chi connectivity index (χ3n) is 8.97. The number of carbonyl (C=O) groups is 5. The number of pyridine rings is 1. The van der Waals surface area contributed by atoms with Gasteiger partial charge in [-0.25, -0.2) is 9.67 Å². The van der Waals surface area contributed by atoms with Crippen LogP contribution >= 0.6 is 0 Å². The number of amides is 5. The number of hydrogen-bond acceptors (Lipinski definition) is 9. The first-order chi connectivity index (χ1) is 24.2. The van der Waals surface area contributed by atoms with E-state index in [-0.39, 0.29) is 41.3 Å². The van der Waals surface area contributed by atoms with Crippen molar-refractivity contribution in [2.45, 2.75) is 44.4 Å². The molecule has 1 atom stereocenters. The van der Waals surface area contributed by atoms with Crippen LogP contribution < -0.4 is 15.5 Å². The summed E-state index contributed by atoms with van der Waals surface area (Å²) in [6, 6.07) is 4.99. The highest BCUT2D eigenvalue weighted by Gasteiger charge is 2.45. The van der Waals surface area contributed by atoms with E-state index in [4.69, 9.17) is 0 Å². The van der Waals surface area contributed by atoms with Crippen LogP contribution in [0.3, 0.4) is 0 Å². The standard InChI is InChI=1S/C34H28F3N9O5/c1-33(2,32(51)41-24-7-6-21(34(35,36)37)12-26(24)44-11-3-10-39-44)45-18-19(14-40-45)4-5-20-16-43(17-20)27-13-22-23(15-38-27)31(50)46(30(22)49)25-8-9-28(47)42-29(25)48/h3,6-7,10-15,18,20,25H,8-9,16-17H2,1-2H3,(H,41,51)(H,42,47,48). The molecule has 51 heavy (non-hydrogen) atoms. The molecule has 0 radical (unpaired) electrons. The van der Waals surface area contributed by atoms with E-state index in [2.05, 4.69) is 37.7 Å². The molecule has 3 aromatic heterocycles. The average molecular weight is 700 g/mol. The van der Waals surface area contributed by atoms with Gasteiger partial charge in [0.25, 0.3) is 17.7 Å². The minimum atomic E-state index is -4.59. The number of anilines is 2. The Bertz CT molecular complexity index is 2180. The van der Waals surface area contributed by atoms with Crippen LogP contribution in [0.2, 0.25) is 0 Å². The van der Waals surface area contributed by atoms with Gasteiger partial charge < -0.3 is 10.2 Å². The molecule has 1 unspecified atom stereocenters. The van der Waals surface area contributed by atoms with Crippen LogP contribution in [0.1, 0.15) is 58.5 Å². The van der Waals surface area contributed by atoms with Crippen molar-refractivity contribution in [1.82, 2.24) is 34.8 Å². The van der Waals surface area contributed by atoms with Gasteiger partial charge in [0, 0.05) is 44.3 Å². The number of hydrogen-bond donors (Lipinski definition) is 2. The highest BCUT2D eigenvalue weighted by atomic mass is 19.4. The van der Waals surface area contributed by atoms with Crippen LogP contribution in [-0.4, -0.2) is 78.1 Å². The molecule has 0 spiro atoms. The number of piperidine rings is 1. The zero-order chi connectivity index (χ0) is 36.2. The van der Waals surface area contributed by atoms with Gasteiger partial charge >= 0.3 is 6.18 Å². The number of nitrogens with one attached hydrogen (secondary N) is 2. The lowest BCUT2D eigenvalue weighted by atomic mass is 10.00. The Balaban J connectivity index is 0.991. The van der Waals surface area contributed by atoms with E-state index in [0.29, 0.717) is 24.5 Å². The molecule has 260 valence electrons. The quantitative estimate of drug-likeness (QED) is 0.228. The lowest BCUT2D eigenvalue weighted by molar-refractivity contribution is -0.138. The van der Waals surface area contributed by atoms with Gasteiger partial charge in [-0.3, -0.25) is 38.9 Å². The van der Waals surface area contributed by atoms with E-state index in [1.54, 1.807) is 26.1 Å². The maximum Gasteiger partial charge on any atom is 0.416 e. The number of rotatable bonds is 6. The number of nitrogens with zero attached hydrogens (tertiary/aromatic N) is 7. The molecular weight excluding hydrogens is 671 g/mol. The summed E-state index contributed by atoms with van der Waals surface area (Å²) in [4.78, 5) is 70.5. The van der Waals surface area contributed by atoms with Crippen molar-refractivity contribution in [2.75, 3.05) is 23.3 Å². The van der Waals surface area contributed by atoms with E-state index in [1.165, 1.54) is 46.3 Å². The van der Waals surface area contributed by atoms with Gasteiger partial charge in [0.05, 0.1) is 45.7 Å². The second-order valence-electron chi connectivity index (χ2n) is 12.8. The normalized spacial score (nSPS) is 17.9. The second kappa shape index (κ2) is 12.2. The average Bonchev–Trinajstić information content (AvgIpc) is 3.82. The fraction of sp³-hybridized carbons (Fsp3) is 0.294. The largest absolute Gasteiger partial charge is 0.416 e. The summed E-state index contributed by atoms with van der Waals surface area (Å²) in [6.07, 6.45) is 2.81. The summed E-state index contributed by atoms with van der Waals surface area (Å²) >= 11 is 0. The summed E-state index contributed by atoms with van der Waals surface area (Å²) in [5.74, 6) is 3.72. The van der Waals surface area contributed by atoms with Gasteiger partial charge in [-0.15, -0.1) is 0 Å². The zero-order valence-corrected chi connectivity index (χ0v) is 27.1. The van der Waals surface area contributed by atoms with Gasteiger partial charge in [0.1, 0.15) is 17.4 Å². The Morgan fingerprint density at radius 3 is 2.49 bits per heavy atom. The monoisotopic (exact) mass is 699 g/mol. The molecule has 0 bridgehead atoms. The maximum atomic E-state index is 13.4. The van der Waals surface area contributed by atoms with Crippen molar-refractivity contribution in [3.8, 4) is 17.5 Å². The van der Waals surface area contributed by atoms with Gasteiger partial charge in [0.2, 0.25) is 11.8 Å². The summed E-state index contributed by atoms with van der Waals surface area (Å²) < 4.78 is 42.9. The number of benzene rings is 1. The lowest BCUT2D eigenvalue weighted by Crippen LogP contribution is -2.54. The molecule has 14 nitrogen and oxygen atoms in total. The zero-order valence-electron chi connectivity index (χ0n) is 27.1. The number of alkyl halides is 3. The maximum absolute atomic E-state index is 13.4. The van der Waals surface area contributed by atoms with Gasteiger partial charge in [-0.2, -0.15) is 23.4 Å². The fourth-order valence-electron chi connectivity index (χ4n) is 5.96. The third-order valence-corrected chi connectivity index (χ3v) is 8.97. The molecule has 0 saturated carbocycles. The summed E-state index contributed by atoms with van der Waals surface area (Å²) in [5.41, 5.74) is -1.20. The van der Waals surface area contributed by atoms with Crippen LogP contribution in [0.15, 0.2) is 61.3 Å². The van der Waals surface area contributed by atoms with Crippen molar-refractivity contribution in [3.05, 3.63) is 83.6 Å². The predicted molar refractivity (Wildman–Crippen MR) is 172 cm³/mol. The molecule has 1 aromatic carbocycles. The smallest absolute Gasteiger partial charge is 0.354 e. The first-order valence-electron chi connectivity index (χ1n) is 15.8. The van der Waals surface area contributed by atoms with Crippen LogP contribution in [0.5, 0.6) is 0 Å². The minimum absolute atomic E-state index is 0.0252. The van der Waals surface area contributed by atoms with Crippen molar-refractivity contribution in [3.63, 3.8) is 0 Å². The molecule has 3 aliphatic heterocycles. The number of carbonyl (C=O) groups excluding carboxylic acids is 5. The van der Waals surface area contributed by atoms with E-state index < -0.39 is 52.9 Å². The second-order valence-corrected chi connectivity index (χ2v) is 12.8. The molecular formula is C34H28F3N9O5. The van der Waals surface area contributed by atoms with Crippen molar-refractivity contribution >= 4 is 41.0 Å². The number of imide groups is 2. The SMILES string of the molecule is CC(C)(C(=O)Nc1ccc(C(F)(F)F)cc1-n1cccn1)n1cc(C#CC2CN(c3cc4c(cn3)C(=O)N(C3CCC(=O)NC3=O)C4=O)C2)cn1. The Hall–Kier alpha value is -6.31. The van der Waals surface area contributed by atoms with Crippen LogP contribution in [0, 0.1) is 17.8 Å². The number of aromatic nitrogens is 5. The van der Waals surface area contributed by atoms with Crippen molar-refractivity contribution < 1.29 is 37.1 Å². The van der Waals surface area contributed by atoms with Crippen LogP contribution in [-0.2, 0) is 26.1 Å². The molecule has 7 rings (SSSR count). The van der Waals surface area contributed by atoms with Crippen molar-refractivity contribution in [2.24, 2.45) is 5.92 Å². The molecule has 17 heteroatoms. The van der Waals surface area contributed by atoms with Crippen molar-refractivity contribution in [1.29, 1.82) is 0 Å². The lowest BCUT2D eigenvalue weighted by Gasteiger charge is -2.37. The summed E-state index contributed by atoms with van der Waals surface area (Å²) in [6.45, 7) is 4.21. The molecule has 0 aliphatic carbocycles. The summed E-state index contributed by atoms with van der Waals surface area (Å²) in [5, 5.41) is 13.2. The van der Waals surface area contributed by atoms with Gasteiger partial charge in [-0.1, -0.05) is 11.8 Å². The highest BCUT2D eigenvalue weighted by molar-refractivity contribution is 6.23.